The van der Waals surface area contributed by atoms with Crippen LogP contribution in [-0.2, 0) is 0 Å². The molecule has 1 saturated carbocycles. The fourth-order valence-electron chi connectivity index (χ4n) is 2.50. The van der Waals surface area contributed by atoms with Crippen molar-refractivity contribution < 1.29 is 0 Å². The van der Waals surface area contributed by atoms with Crippen molar-refractivity contribution in [1.82, 2.24) is 14.6 Å². The van der Waals surface area contributed by atoms with Gasteiger partial charge in [-0.3, -0.25) is 0 Å². The van der Waals surface area contributed by atoms with E-state index >= 15 is 0 Å². The fraction of sp³-hybridized carbons (Fsp3) is 0.500. The molecule has 1 aliphatic carbocycles. The van der Waals surface area contributed by atoms with Crippen LogP contribution in [0.15, 0.2) is 18.3 Å². The molecule has 0 spiro atoms. The zero-order chi connectivity index (χ0) is 11.8. The molecular formula is C12H17N5. The Morgan fingerprint density at radius 2 is 2.35 bits per heavy atom. The number of anilines is 1. The molecular weight excluding hydrogens is 214 g/mol. The highest BCUT2D eigenvalue weighted by Crippen LogP contribution is 2.22. The SMILES string of the molecule is Cc1cc(N[C@H]2CC[C@@H](N)C2)n2nccc2n1. The molecule has 0 amide bonds. The summed E-state index contributed by atoms with van der Waals surface area (Å²) in [5.41, 5.74) is 7.81. The molecule has 2 aromatic rings. The number of nitrogens with one attached hydrogen (secondary N) is 1. The summed E-state index contributed by atoms with van der Waals surface area (Å²) in [6.07, 6.45) is 5.03. The first-order valence-corrected chi connectivity index (χ1v) is 6.06. The van der Waals surface area contributed by atoms with Crippen molar-refractivity contribution in [2.24, 2.45) is 5.73 Å². The zero-order valence-electron chi connectivity index (χ0n) is 9.93. The van der Waals surface area contributed by atoms with E-state index in [1.165, 1.54) is 0 Å². The van der Waals surface area contributed by atoms with E-state index in [0.717, 1.165) is 36.4 Å². The fourth-order valence-corrected chi connectivity index (χ4v) is 2.50. The maximum absolute atomic E-state index is 5.93. The predicted molar refractivity (Wildman–Crippen MR) is 67.0 cm³/mol. The van der Waals surface area contributed by atoms with Gasteiger partial charge < -0.3 is 11.1 Å². The van der Waals surface area contributed by atoms with Gasteiger partial charge in [0.25, 0.3) is 0 Å². The highest BCUT2D eigenvalue weighted by atomic mass is 15.3. The topological polar surface area (TPSA) is 68.2 Å². The van der Waals surface area contributed by atoms with Crippen molar-refractivity contribution in [3.8, 4) is 0 Å². The third-order valence-electron chi connectivity index (χ3n) is 3.31. The average Bonchev–Trinajstić information content (AvgIpc) is 2.87. The number of hydrogen-bond donors (Lipinski definition) is 2. The second-order valence-electron chi connectivity index (χ2n) is 4.80. The minimum Gasteiger partial charge on any atom is -0.367 e. The molecule has 1 aliphatic rings. The van der Waals surface area contributed by atoms with Crippen molar-refractivity contribution in [2.75, 3.05) is 5.32 Å². The molecule has 17 heavy (non-hydrogen) atoms. The zero-order valence-corrected chi connectivity index (χ0v) is 9.93. The number of aryl methyl sites for hydroxylation is 1. The van der Waals surface area contributed by atoms with Crippen molar-refractivity contribution in [3.63, 3.8) is 0 Å². The molecule has 0 unspecified atom stereocenters. The molecule has 2 aromatic heterocycles. The summed E-state index contributed by atoms with van der Waals surface area (Å²) in [6, 6.07) is 4.74. The Morgan fingerprint density at radius 3 is 3.12 bits per heavy atom. The third-order valence-corrected chi connectivity index (χ3v) is 3.31. The van der Waals surface area contributed by atoms with Gasteiger partial charge in [-0.25, -0.2) is 4.98 Å². The van der Waals surface area contributed by atoms with Gasteiger partial charge >= 0.3 is 0 Å². The van der Waals surface area contributed by atoms with Gasteiger partial charge in [0.05, 0.1) is 6.20 Å². The van der Waals surface area contributed by atoms with Crippen LogP contribution in [0.25, 0.3) is 5.65 Å². The minimum absolute atomic E-state index is 0.337. The molecule has 5 heteroatoms. The molecule has 2 atom stereocenters. The van der Waals surface area contributed by atoms with Gasteiger partial charge in [0.1, 0.15) is 5.82 Å². The average molecular weight is 231 g/mol. The largest absolute Gasteiger partial charge is 0.367 e. The van der Waals surface area contributed by atoms with E-state index in [1.807, 2.05) is 23.6 Å². The van der Waals surface area contributed by atoms with Crippen molar-refractivity contribution in [1.29, 1.82) is 0 Å². The highest BCUT2D eigenvalue weighted by Gasteiger charge is 2.22. The van der Waals surface area contributed by atoms with Gasteiger partial charge in [-0.2, -0.15) is 9.61 Å². The summed E-state index contributed by atoms with van der Waals surface area (Å²) in [5, 5.41) is 7.80. The molecule has 5 nitrogen and oxygen atoms in total. The summed E-state index contributed by atoms with van der Waals surface area (Å²) in [5.74, 6) is 1.01. The number of hydrogen-bond acceptors (Lipinski definition) is 4. The molecule has 0 aliphatic heterocycles. The Balaban J connectivity index is 1.91. The molecule has 0 aromatic carbocycles. The second-order valence-corrected chi connectivity index (χ2v) is 4.80. The van der Waals surface area contributed by atoms with Crippen LogP contribution >= 0.6 is 0 Å². The lowest BCUT2D eigenvalue weighted by Crippen LogP contribution is -2.22. The summed E-state index contributed by atoms with van der Waals surface area (Å²) < 4.78 is 1.84. The lowest BCUT2D eigenvalue weighted by molar-refractivity contribution is 0.684. The van der Waals surface area contributed by atoms with E-state index in [1.54, 1.807) is 6.20 Å². The Hall–Kier alpha value is -1.62. The molecule has 0 radical (unpaired) electrons. The van der Waals surface area contributed by atoms with E-state index in [4.69, 9.17) is 5.73 Å². The van der Waals surface area contributed by atoms with Crippen LogP contribution in [0, 0.1) is 6.92 Å². The van der Waals surface area contributed by atoms with Gasteiger partial charge in [-0.1, -0.05) is 0 Å². The van der Waals surface area contributed by atoms with Gasteiger partial charge in [-0.15, -0.1) is 0 Å². The monoisotopic (exact) mass is 231 g/mol. The van der Waals surface area contributed by atoms with Crippen LogP contribution < -0.4 is 11.1 Å². The first kappa shape index (κ1) is 10.5. The van der Waals surface area contributed by atoms with E-state index in [-0.39, 0.29) is 0 Å². The summed E-state index contributed by atoms with van der Waals surface area (Å²) in [4.78, 5) is 4.42. The van der Waals surface area contributed by atoms with Crippen molar-refractivity contribution in [3.05, 3.63) is 24.0 Å². The molecule has 1 fully saturated rings. The number of rotatable bonds is 2. The van der Waals surface area contributed by atoms with E-state index in [9.17, 15) is 0 Å². The summed E-state index contributed by atoms with van der Waals surface area (Å²) >= 11 is 0. The van der Waals surface area contributed by atoms with Gasteiger partial charge in [0.2, 0.25) is 0 Å². The van der Waals surface area contributed by atoms with E-state index in [2.05, 4.69) is 15.4 Å². The smallest absolute Gasteiger partial charge is 0.157 e. The maximum atomic E-state index is 5.93. The van der Waals surface area contributed by atoms with Crippen LogP contribution in [0.2, 0.25) is 0 Å². The quantitative estimate of drug-likeness (QED) is 0.818. The summed E-state index contributed by atoms with van der Waals surface area (Å²) in [6.45, 7) is 2.00. The Labute approximate surface area is 100 Å². The van der Waals surface area contributed by atoms with Crippen LogP contribution in [0.4, 0.5) is 5.82 Å². The van der Waals surface area contributed by atoms with Gasteiger partial charge in [-0.05, 0) is 26.2 Å². The number of nitrogens with zero attached hydrogens (tertiary/aromatic N) is 3. The van der Waals surface area contributed by atoms with Crippen LogP contribution in [0.5, 0.6) is 0 Å². The molecule has 2 heterocycles. The van der Waals surface area contributed by atoms with Crippen molar-refractivity contribution in [2.45, 2.75) is 38.3 Å². The Kier molecular flexibility index (Phi) is 2.48. The first-order chi connectivity index (χ1) is 8.22. The van der Waals surface area contributed by atoms with E-state index < -0.39 is 0 Å². The van der Waals surface area contributed by atoms with E-state index in [0.29, 0.717) is 12.1 Å². The number of fused-ring (bicyclic) bond motifs is 1. The molecule has 0 bridgehead atoms. The number of nitrogens with two attached hydrogens (primary N) is 1. The standard InChI is InChI=1S/C12H17N5/c1-8-6-12(16-10-3-2-9(13)7-10)17-11(15-8)4-5-14-17/h4-6,9-10,16H,2-3,7,13H2,1H3/t9-,10+/m1/s1. The van der Waals surface area contributed by atoms with Crippen LogP contribution in [0.1, 0.15) is 25.0 Å². The van der Waals surface area contributed by atoms with Gasteiger partial charge in [0, 0.05) is 29.9 Å². The maximum Gasteiger partial charge on any atom is 0.157 e. The van der Waals surface area contributed by atoms with Gasteiger partial charge in [0.15, 0.2) is 5.65 Å². The minimum atomic E-state index is 0.337. The van der Waals surface area contributed by atoms with Crippen LogP contribution in [-0.4, -0.2) is 26.7 Å². The van der Waals surface area contributed by atoms with Crippen molar-refractivity contribution >= 4 is 11.5 Å². The van der Waals surface area contributed by atoms with Crippen LogP contribution in [0.3, 0.4) is 0 Å². The molecule has 3 N–H and O–H groups in total. The predicted octanol–water partition coefficient (Wildman–Crippen LogP) is 1.33. The Bertz CT molecular complexity index is 533. The molecule has 0 saturated heterocycles. The third kappa shape index (κ3) is 1.98. The second kappa shape index (κ2) is 4.00. The lowest BCUT2D eigenvalue weighted by atomic mass is 10.2. The highest BCUT2D eigenvalue weighted by molar-refractivity contribution is 5.49. The lowest BCUT2D eigenvalue weighted by Gasteiger charge is -2.15. The molecule has 3 rings (SSSR count). The summed E-state index contributed by atoms with van der Waals surface area (Å²) in [7, 11) is 0. The normalized spacial score (nSPS) is 24.4. The Morgan fingerprint density at radius 1 is 1.47 bits per heavy atom. The number of aromatic nitrogens is 3. The molecule has 90 valence electrons. The first-order valence-electron chi connectivity index (χ1n) is 6.06.